The van der Waals surface area contributed by atoms with Gasteiger partial charge in [-0.15, -0.1) is 12.3 Å². The molecule has 1 aliphatic rings. The molecule has 0 radical (unpaired) electrons. The molecule has 102 valence electrons. The van der Waals surface area contributed by atoms with Crippen LogP contribution in [0.1, 0.15) is 18.4 Å². The first-order valence-electron chi connectivity index (χ1n) is 6.26. The van der Waals surface area contributed by atoms with E-state index in [4.69, 9.17) is 6.42 Å². The van der Waals surface area contributed by atoms with Crippen molar-refractivity contribution in [2.45, 2.75) is 18.4 Å². The number of allylic oxidation sites excluding steroid dienone is 2. The molecule has 0 heterocycles. The van der Waals surface area contributed by atoms with Crippen molar-refractivity contribution < 1.29 is 15.3 Å². The van der Waals surface area contributed by atoms with Gasteiger partial charge in [-0.25, -0.2) is 0 Å². The number of hydrogen-bond donors (Lipinski definition) is 3. The molecule has 1 aromatic rings. The predicted molar refractivity (Wildman–Crippen MR) is 79.0 cm³/mol. The summed E-state index contributed by atoms with van der Waals surface area (Å²) in [7, 11) is 0. The van der Waals surface area contributed by atoms with E-state index in [1.165, 1.54) is 6.08 Å². The summed E-state index contributed by atoms with van der Waals surface area (Å²) in [6, 6.07) is 6.75. The molecule has 20 heavy (non-hydrogen) atoms. The highest BCUT2D eigenvalue weighted by Gasteiger charge is 2.27. The van der Waals surface area contributed by atoms with Gasteiger partial charge in [-0.1, -0.05) is 24.3 Å². The molecule has 0 spiro atoms. The Morgan fingerprint density at radius 3 is 2.55 bits per heavy atom. The fourth-order valence-electron chi connectivity index (χ4n) is 2.15. The zero-order valence-electron chi connectivity index (χ0n) is 11.0. The second-order valence-electron chi connectivity index (χ2n) is 4.87. The third-order valence-electron chi connectivity index (χ3n) is 3.05. The Morgan fingerprint density at radius 2 is 1.90 bits per heavy atom. The van der Waals surface area contributed by atoms with Gasteiger partial charge < -0.3 is 15.3 Å². The molecule has 0 saturated heterocycles. The molecule has 3 heteroatoms. The van der Waals surface area contributed by atoms with Crippen molar-refractivity contribution in [3.63, 3.8) is 0 Å². The maximum atomic E-state index is 10.3. The molecular weight excluding hydrogens is 252 g/mol. The molecule has 2 rings (SSSR count). The van der Waals surface area contributed by atoms with Gasteiger partial charge in [0.2, 0.25) is 0 Å². The Bertz CT molecular complexity index is 615. The molecule has 1 aliphatic carbocycles. The average molecular weight is 268 g/mol. The summed E-state index contributed by atoms with van der Waals surface area (Å²) in [5, 5.41) is 29.1. The zero-order chi connectivity index (χ0) is 14.6. The van der Waals surface area contributed by atoms with Gasteiger partial charge in [0, 0.05) is 12.8 Å². The lowest BCUT2D eigenvalue weighted by molar-refractivity contribution is 0.0919. The Morgan fingerprint density at radius 1 is 1.20 bits per heavy atom. The van der Waals surface area contributed by atoms with Gasteiger partial charge in [0.1, 0.15) is 17.1 Å². The lowest BCUT2D eigenvalue weighted by atomic mass is 9.86. The Labute approximate surface area is 118 Å². The average Bonchev–Trinajstić information content (AvgIpc) is 2.37. The summed E-state index contributed by atoms with van der Waals surface area (Å²) < 4.78 is 0. The van der Waals surface area contributed by atoms with Crippen LogP contribution in [0.3, 0.4) is 0 Å². The molecule has 0 saturated carbocycles. The molecule has 1 unspecified atom stereocenters. The summed E-state index contributed by atoms with van der Waals surface area (Å²) >= 11 is 0. The number of phenols is 1. The van der Waals surface area contributed by atoms with E-state index >= 15 is 0 Å². The highest BCUT2D eigenvalue weighted by atomic mass is 16.3. The Hall–Kier alpha value is -2.44. The van der Waals surface area contributed by atoms with Crippen molar-refractivity contribution in [3.05, 3.63) is 59.4 Å². The van der Waals surface area contributed by atoms with Crippen LogP contribution in [0.2, 0.25) is 0 Å². The summed E-state index contributed by atoms with van der Waals surface area (Å²) in [4.78, 5) is 0. The van der Waals surface area contributed by atoms with Crippen LogP contribution in [0, 0.1) is 12.3 Å². The van der Waals surface area contributed by atoms with Crippen LogP contribution >= 0.6 is 0 Å². The first-order valence-corrected chi connectivity index (χ1v) is 6.26. The largest absolute Gasteiger partial charge is 0.508 e. The van der Waals surface area contributed by atoms with Crippen LogP contribution < -0.4 is 0 Å². The minimum Gasteiger partial charge on any atom is -0.508 e. The van der Waals surface area contributed by atoms with Gasteiger partial charge in [0.15, 0.2) is 0 Å². The molecule has 0 fully saturated rings. The van der Waals surface area contributed by atoms with E-state index in [0.29, 0.717) is 6.42 Å². The number of benzene rings is 1. The maximum absolute atomic E-state index is 10.3. The van der Waals surface area contributed by atoms with Crippen molar-refractivity contribution >= 4 is 6.08 Å². The first-order chi connectivity index (χ1) is 9.50. The summed E-state index contributed by atoms with van der Waals surface area (Å²) in [5.74, 6) is 2.64. The Kier molecular flexibility index (Phi) is 3.97. The molecule has 3 nitrogen and oxygen atoms in total. The topological polar surface area (TPSA) is 60.7 Å². The quantitative estimate of drug-likeness (QED) is 0.739. The van der Waals surface area contributed by atoms with Crippen molar-refractivity contribution in [3.8, 4) is 18.1 Å². The number of aliphatic hydroxyl groups excluding tert-OH is 1. The second kappa shape index (κ2) is 5.68. The van der Waals surface area contributed by atoms with Crippen molar-refractivity contribution in [1.29, 1.82) is 0 Å². The van der Waals surface area contributed by atoms with Gasteiger partial charge in [0.25, 0.3) is 0 Å². The van der Waals surface area contributed by atoms with Gasteiger partial charge in [-0.2, -0.15) is 0 Å². The molecule has 0 aliphatic heterocycles. The van der Waals surface area contributed by atoms with E-state index in [-0.39, 0.29) is 17.9 Å². The highest BCUT2D eigenvalue weighted by Crippen LogP contribution is 2.29. The minimum absolute atomic E-state index is 0.0133. The minimum atomic E-state index is -1.19. The van der Waals surface area contributed by atoms with Crippen molar-refractivity contribution in [2.24, 2.45) is 0 Å². The van der Waals surface area contributed by atoms with E-state index in [2.05, 4.69) is 5.92 Å². The third-order valence-corrected chi connectivity index (χ3v) is 3.05. The fourth-order valence-corrected chi connectivity index (χ4v) is 2.15. The summed E-state index contributed by atoms with van der Waals surface area (Å²) in [5.41, 5.74) is 0.511. The van der Waals surface area contributed by atoms with Crippen LogP contribution in [0.15, 0.2) is 53.8 Å². The number of terminal acetylenes is 1. The summed E-state index contributed by atoms with van der Waals surface area (Å²) in [6.07, 6.45) is 12.4. The van der Waals surface area contributed by atoms with Gasteiger partial charge in [-0.3, -0.25) is 0 Å². The lowest BCUT2D eigenvalue weighted by Gasteiger charge is -2.26. The zero-order valence-corrected chi connectivity index (χ0v) is 11.0. The molecule has 3 N–H and O–H groups in total. The van der Waals surface area contributed by atoms with Crippen LogP contribution in [0.25, 0.3) is 6.08 Å². The third kappa shape index (κ3) is 3.53. The van der Waals surface area contributed by atoms with Crippen molar-refractivity contribution in [1.82, 2.24) is 0 Å². The van der Waals surface area contributed by atoms with Gasteiger partial charge in [0.05, 0.1) is 0 Å². The van der Waals surface area contributed by atoms with Crippen LogP contribution in [0.5, 0.6) is 5.75 Å². The second-order valence-corrected chi connectivity index (χ2v) is 4.87. The van der Waals surface area contributed by atoms with Crippen LogP contribution in [0.4, 0.5) is 0 Å². The molecule has 0 bridgehead atoms. The SMILES string of the molecule is C#CCC1(O)C=C(O)C=C(C=Cc2ccc(O)cc2)C1. The van der Waals surface area contributed by atoms with Crippen LogP contribution in [-0.2, 0) is 0 Å². The van der Waals surface area contributed by atoms with Gasteiger partial charge >= 0.3 is 0 Å². The maximum Gasteiger partial charge on any atom is 0.115 e. The number of aromatic hydroxyl groups is 1. The van der Waals surface area contributed by atoms with E-state index in [9.17, 15) is 15.3 Å². The lowest BCUT2D eigenvalue weighted by Crippen LogP contribution is -2.28. The standard InChI is InChI=1S/C17H16O3/c1-2-9-17(20)11-14(10-16(19)12-17)4-3-13-5-7-15(18)8-6-13/h1,3-8,10,12,18-20H,9,11H2. The molecule has 0 amide bonds. The van der Waals surface area contributed by atoms with Crippen LogP contribution in [-0.4, -0.2) is 20.9 Å². The van der Waals surface area contributed by atoms with E-state index in [0.717, 1.165) is 11.1 Å². The smallest absolute Gasteiger partial charge is 0.115 e. The monoisotopic (exact) mass is 268 g/mol. The summed E-state index contributed by atoms with van der Waals surface area (Å²) in [6.45, 7) is 0. The number of aliphatic hydroxyl groups is 2. The predicted octanol–water partition coefficient (Wildman–Crippen LogP) is 2.93. The van der Waals surface area contributed by atoms with E-state index in [1.807, 2.05) is 12.2 Å². The molecule has 0 aromatic heterocycles. The molecular formula is C17H16O3. The molecule has 1 aromatic carbocycles. The Balaban J connectivity index is 2.16. The first kappa shape index (κ1) is 14.0. The highest BCUT2D eigenvalue weighted by molar-refractivity contribution is 5.55. The fraction of sp³-hybridized carbons (Fsp3) is 0.176. The number of rotatable bonds is 3. The number of phenolic OH excluding ortho intramolecular Hbond substituents is 1. The number of hydrogen-bond acceptors (Lipinski definition) is 3. The normalized spacial score (nSPS) is 22.2. The molecule has 1 atom stereocenters. The van der Waals surface area contributed by atoms with Gasteiger partial charge in [-0.05, 0) is 35.4 Å². The van der Waals surface area contributed by atoms with Crippen molar-refractivity contribution in [2.75, 3.05) is 0 Å². The van der Waals surface area contributed by atoms with E-state index < -0.39 is 5.60 Å². The van der Waals surface area contributed by atoms with E-state index in [1.54, 1.807) is 30.3 Å².